The zero-order chi connectivity index (χ0) is 11.5. The summed E-state index contributed by atoms with van der Waals surface area (Å²) in [6.45, 7) is 3.78. The van der Waals surface area contributed by atoms with Gasteiger partial charge < -0.3 is 4.74 Å². The van der Waals surface area contributed by atoms with E-state index in [-0.39, 0.29) is 5.69 Å². The summed E-state index contributed by atoms with van der Waals surface area (Å²) in [6, 6.07) is 6.92. The molecular weight excluding hydrogens is 206 g/mol. The van der Waals surface area contributed by atoms with Crippen molar-refractivity contribution in [1.82, 2.24) is 10.2 Å². The molecule has 0 radical (unpaired) electrons. The molecule has 16 heavy (non-hydrogen) atoms. The number of aryl methyl sites for hydroxylation is 2. The number of benzene rings is 1. The molecule has 1 heterocycles. The molecule has 0 fully saturated rings. The maximum atomic E-state index is 10.6. The first-order valence-corrected chi connectivity index (χ1v) is 4.83. The molecule has 0 saturated carbocycles. The van der Waals surface area contributed by atoms with Crippen LogP contribution in [0.25, 0.3) is 0 Å². The van der Waals surface area contributed by atoms with Crippen molar-refractivity contribution in [3.05, 3.63) is 40.4 Å². The van der Waals surface area contributed by atoms with Crippen molar-refractivity contribution in [3.8, 4) is 11.6 Å². The van der Waals surface area contributed by atoms with Crippen LogP contribution in [-0.4, -0.2) is 10.2 Å². The summed E-state index contributed by atoms with van der Waals surface area (Å²) < 4.78 is 5.47. The van der Waals surface area contributed by atoms with E-state index in [0.29, 0.717) is 11.6 Å². The van der Waals surface area contributed by atoms with Crippen LogP contribution in [0.2, 0.25) is 0 Å². The normalized spacial score (nSPS) is 10.1. The van der Waals surface area contributed by atoms with Gasteiger partial charge in [0.05, 0.1) is 0 Å². The van der Waals surface area contributed by atoms with Crippen molar-refractivity contribution in [3.63, 3.8) is 0 Å². The second-order valence-corrected chi connectivity index (χ2v) is 3.55. The first-order chi connectivity index (χ1) is 7.69. The fourth-order valence-corrected chi connectivity index (χ4v) is 1.34. The van der Waals surface area contributed by atoms with Gasteiger partial charge >= 0.3 is 0 Å². The summed E-state index contributed by atoms with van der Waals surface area (Å²) in [6.07, 6.45) is 0. The Bertz CT molecular complexity index is 520. The minimum absolute atomic E-state index is 0.270. The highest BCUT2D eigenvalue weighted by Crippen LogP contribution is 2.31. The Kier molecular flexibility index (Phi) is 2.68. The first-order valence-electron chi connectivity index (χ1n) is 4.83. The average molecular weight is 217 g/mol. The molecule has 5 heteroatoms. The van der Waals surface area contributed by atoms with Crippen molar-refractivity contribution < 1.29 is 4.74 Å². The molecule has 5 nitrogen and oxygen atoms in total. The van der Waals surface area contributed by atoms with E-state index in [1.54, 1.807) is 24.3 Å². The molecular formula is C11H11N3O2. The van der Waals surface area contributed by atoms with E-state index in [1.807, 2.05) is 13.8 Å². The first kappa shape index (κ1) is 10.4. The monoisotopic (exact) mass is 217 g/mol. The molecule has 0 amide bonds. The van der Waals surface area contributed by atoms with Crippen LogP contribution in [0.3, 0.4) is 0 Å². The SMILES string of the molecule is Cc1ccc(N=O)c(Oc2cc(C)[nH]n2)c1. The van der Waals surface area contributed by atoms with E-state index in [1.165, 1.54) is 0 Å². The number of H-pyrrole nitrogens is 1. The van der Waals surface area contributed by atoms with Gasteiger partial charge in [-0.15, -0.1) is 10.0 Å². The number of aromatic nitrogens is 2. The minimum atomic E-state index is 0.270. The fraction of sp³-hybridized carbons (Fsp3) is 0.182. The Labute approximate surface area is 92.4 Å². The zero-order valence-electron chi connectivity index (χ0n) is 9.02. The molecule has 0 bridgehead atoms. The van der Waals surface area contributed by atoms with Crippen molar-refractivity contribution in [2.24, 2.45) is 5.18 Å². The Morgan fingerprint density at radius 3 is 2.75 bits per heavy atom. The second-order valence-electron chi connectivity index (χ2n) is 3.55. The average Bonchev–Trinajstić information content (AvgIpc) is 2.64. The van der Waals surface area contributed by atoms with Crippen molar-refractivity contribution in [1.29, 1.82) is 0 Å². The highest BCUT2D eigenvalue weighted by atomic mass is 16.5. The number of rotatable bonds is 3. The summed E-state index contributed by atoms with van der Waals surface area (Å²) in [7, 11) is 0. The molecule has 2 aromatic rings. The van der Waals surface area contributed by atoms with Gasteiger partial charge in [-0.05, 0) is 36.7 Å². The van der Waals surface area contributed by atoms with Gasteiger partial charge in [-0.1, -0.05) is 6.07 Å². The van der Waals surface area contributed by atoms with Crippen LogP contribution >= 0.6 is 0 Å². The van der Waals surface area contributed by atoms with Crippen molar-refractivity contribution >= 4 is 5.69 Å². The number of hydrogen-bond donors (Lipinski definition) is 1. The third-order valence-electron chi connectivity index (χ3n) is 2.11. The minimum Gasteiger partial charge on any atom is -0.435 e. The smallest absolute Gasteiger partial charge is 0.238 e. The molecule has 1 aromatic heterocycles. The molecule has 1 aromatic carbocycles. The molecule has 0 aliphatic heterocycles. The Balaban J connectivity index is 2.32. The molecule has 0 aliphatic rings. The largest absolute Gasteiger partial charge is 0.435 e. The maximum absolute atomic E-state index is 10.6. The van der Waals surface area contributed by atoms with Crippen molar-refractivity contribution in [2.45, 2.75) is 13.8 Å². The van der Waals surface area contributed by atoms with Gasteiger partial charge in [0.25, 0.3) is 0 Å². The summed E-state index contributed by atoms with van der Waals surface area (Å²) >= 11 is 0. The molecule has 1 N–H and O–H groups in total. The summed E-state index contributed by atoms with van der Waals surface area (Å²) in [5.41, 5.74) is 2.16. The number of nitrogens with one attached hydrogen (secondary N) is 1. The van der Waals surface area contributed by atoms with E-state index in [2.05, 4.69) is 15.4 Å². The predicted octanol–water partition coefficient (Wildman–Crippen LogP) is 3.22. The number of nitrogens with zero attached hydrogens (tertiary/aromatic N) is 2. The van der Waals surface area contributed by atoms with E-state index in [0.717, 1.165) is 11.3 Å². The lowest BCUT2D eigenvalue weighted by Crippen LogP contribution is -1.86. The van der Waals surface area contributed by atoms with Crippen LogP contribution in [0.1, 0.15) is 11.3 Å². The van der Waals surface area contributed by atoms with Gasteiger partial charge in [-0.3, -0.25) is 5.10 Å². The molecule has 0 spiro atoms. The third-order valence-corrected chi connectivity index (χ3v) is 2.11. The van der Waals surface area contributed by atoms with Crippen LogP contribution in [0.15, 0.2) is 29.4 Å². The van der Waals surface area contributed by atoms with Crippen LogP contribution in [-0.2, 0) is 0 Å². The molecule has 0 aliphatic carbocycles. The van der Waals surface area contributed by atoms with Crippen LogP contribution in [0.5, 0.6) is 11.6 Å². The number of ether oxygens (including phenoxy) is 1. The van der Waals surface area contributed by atoms with Crippen molar-refractivity contribution in [2.75, 3.05) is 0 Å². The van der Waals surface area contributed by atoms with Gasteiger partial charge in [0.2, 0.25) is 5.88 Å². The third kappa shape index (κ3) is 2.08. The quantitative estimate of drug-likeness (QED) is 0.802. The number of aromatic amines is 1. The molecule has 0 atom stereocenters. The van der Waals surface area contributed by atoms with E-state index in [4.69, 9.17) is 4.74 Å². The summed E-state index contributed by atoms with van der Waals surface area (Å²) in [5, 5.41) is 9.58. The molecule has 2 rings (SSSR count). The van der Waals surface area contributed by atoms with E-state index >= 15 is 0 Å². The summed E-state index contributed by atoms with van der Waals surface area (Å²) in [4.78, 5) is 10.6. The Morgan fingerprint density at radius 2 is 2.12 bits per heavy atom. The van der Waals surface area contributed by atoms with E-state index < -0.39 is 0 Å². The van der Waals surface area contributed by atoms with Gasteiger partial charge in [0.15, 0.2) is 11.4 Å². The van der Waals surface area contributed by atoms with Gasteiger partial charge in [0, 0.05) is 11.8 Å². The van der Waals surface area contributed by atoms with Crippen LogP contribution < -0.4 is 4.74 Å². The Hall–Kier alpha value is -2.17. The highest BCUT2D eigenvalue weighted by Gasteiger charge is 2.07. The van der Waals surface area contributed by atoms with Crippen LogP contribution in [0.4, 0.5) is 5.69 Å². The van der Waals surface area contributed by atoms with Gasteiger partial charge in [0.1, 0.15) is 0 Å². The zero-order valence-corrected chi connectivity index (χ0v) is 9.02. The molecule has 82 valence electrons. The van der Waals surface area contributed by atoms with Gasteiger partial charge in [-0.2, -0.15) is 0 Å². The number of hydrogen-bond acceptors (Lipinski definition) is 4. The van der Waals surface area contributed by atoms with E-state index in [9.17, 15) is 4.91 Å². The maximum Gasteiger partial charge on any atom is 0.238 e. The number of nitroso groups, excluding NO2 is 1. The topological polar surface area (TPSA) is 67.3 Å². The predicted molar refractivity (Wildman–Crippen MR) is 60.0 cm³/mol. The lowest BCUT2D eigenvalue weighted by atomic mass is 10.2. The molecule has 0 saturated heterocycles. The van der Waals surface area contributed by atoms with Crippen LogP contribution in [0, 0.1) is 18.8 Å². The Morgan fingerprint density at radius 1 is 1.31 bits per heavy atom. The highest BCUT2D eigenvalue weighted by molar-refractivity contribution is 5.54. The summed E-state index contributed by atoms with van der Waals surface area (Å²) in [5.74, 6) is 0.842. The second kappa shape index (κ2) is 4.14. The fourth-order valence-electron chi connectivity index (χ4n) is 1.34. The van der Waals surface area contributed by atoms with Gasteiger partial charge in [-0.25, -0.2) is 0 Å². The standard InChI is InChI=1S/C11H11N3O2/c1-7-3-4-9(14-15)10(5-7)16-11-6-8(2)12-13-11/h3-6H,1-2H3,(H,12,13). The molecule has 0 unspecified atom stereocenters. The lowest BCUT2D eigenvalue weighted by molar-refractivity contribution is 0.462. The lowest BCUT2D eigenvalue weighted by Gasteiger charge is -2.04.